The van der Waals surface area contributed by atoms with Gasteiger partial charge in [0.25, 0.3) is 5.91 Å². The lowest BCUT2D eigenvalue weighted by Gasteiger charge is -2.39. The molecular weight excluding hydrogens is 272 g/mol. The molecule has 7 N–H and O–H groups in total. The fourth-order valence-electron chi connectivity index (χ4n) is 2.41. The van der Waals surface area contributed by atoms with Crippen LogP contribution in [0.1, 0.15) is 12.0 Å². The highest BCUT2D eigenvalue weighted by Gasteiger charge is 2.66. The molecule has 9 nitrogen and oxygen atoms in total. The first-order valence-electron chi connectivity index (χ1n) is 5.80. The Morgan fingerprint density at radius 2 is 1.90 bits per heavy atom. The van der Waals surface area contributed by atoms with Gasteiger partial charge in [0.05, 0.1) is 0 Å². The average Bonchev–Trinajstić information content (AvgIpc) is 2.44. The zero-order valence-corrected chi connectivity index (χ0v) is 10.3. The van der Waals surface area contributed by atoms with Crippen LogP contribution < -0.4 is 0 Å². The minimum atomic E-state index is -3.64. The van der Waals surface area contributed by atoms with Crippen LogP contribution >= 0.6 is 0 Å². The lowest BCUT2D eigenvalue weighted by molar-refractivity contribution is -0.489. The third-order valence-electron chi connectivity index (χ3n) is 3.28. The first kappa shape index (κ1) is 15.2. The van der Waals surface area contributed by atoms with Crippen molar-refractivity contribution in [1.29, 1.82) is 0 Å². The van der Waals surface area contributed by atoms with Crippen molar-refractivity contribution in [3.05, 3.63) is 30.1 Å². The van der Waals surface area contributed by atoms with Crippen LogP contribution in [0.3, 0.4) is 0 Å². The van der Waals surface area contributed by atoms with Gasteiger partial charge in [-0.2, -0.15) is 4.90 Å². The van der Waals surface area contributed by atoms with Crippen LogP contribution in [0.2, 0.25) is 0 Å². The van der Waals surface area contributed by atoms with Crippen molar-refractivity contribution < 1.29 is 35.7 Å². The van der Waals surface area contributed by atoms with E-state index in [1.54, 1.807) is 12.1 Å². The van der Waals surface area contributed by atoms with E-state index in [9.17, 15) is 35.7 Å². The van der Waals surface area contributed by atoms with Gasteiger partial charge in [0.1, 0.15) is 0 Å². The Hall–Kier alpha value is -1.17. The Morgan fingerprint density at radius 3 is 2.40 bits per heavy atom. The van der Waals surface area contributed by atoms with E-state index >= 15 is 0 Å². The minimum absolute atomic E-state index is 0.00694. The number of aromatic nitrogens is 1. The lowest BCUT2D eigenvalue weighted by atomic mass is 10.0. The minimum Gasteiger partial charge on any atom is -0.360 e. The molecule has 9 heteroatoms. The highest BCUT2D eigenvalue weighted by Crippen LogP contribution is 2.41. The number of hydrogen-bond donors (Lipinski definition) is 7. The number of pyridine rings is 1. The van der Waals surface area contributed by atoms with Gasteiger partial charge < -0.3 is 35.7 Å². The van der Waals surface area contributed by atoms with Crippen LogP contribution in [0.15, 0.2) is 24.5 Å². The second-order valence-corrected chi connectivity index (χ2v) is 4.85. The van der Waals surface area contributed by atoms with E-state index in [2.05, 4.69) is 4.98 Å². The van der Waals surface area contributed by atoms with E-state index in [-0.39, 0.29) is 11.3 Å². The molecule has 1 fully saturated rings. The Balaban J connectivity index is 2.32. The van der Waals surface area contributed by atoms with Crippen molar-refractivity contribution in [2.24, 2.45) is 0 Å². The van der Waals surface area contributed by atoms with Crippen molar-refractivity contribution in [1.82, 2.24) is 9.88 Å². The summed E-state index contributed by atoms with van der Waals surface area (Å²) in [4.78, 5) is 3.84. The maximum Gasteiger partial charge on any atom is 0.350 e. The summed E-state index contributed by atoms with van der Waals surface area (Å²) in [5.74, 6) is -6.47. The Bertz CT molecular complexity index is 471. The highest BCUT2D eigenvalue weighted by molar-refractivity contribution is 5.13. The summed E-state index contributed by atoms with van der Waals surface area (Å²) in [7, 11) is 0. The summed E-state index contributed by atoms with van der Waals surface area (Å²) in [5.41, 5.74) is 0.570. The molecule has 2 rings (SSSR count). The summed E-state index contributed by atoms with van der Waals surface area (Å²) in [6.45, 7) is 0. The molecule has 1 aliphatic rings. The van der Waals surface area contributed by atoms with Gasteiger partial charge in [-0.15, -0.1) is 0 Å². The lowest BCUT2D eigenvalue weighted by Crippen LogP contribution is -2.66. The van der Waals surface area contributed by atoms with Crippen LogP contribution in [-0.2, 0) is 6.42 Å². The number of likely N-dealkylation sites (tertiary alicyclic amines) is 1. The molecule has 0 saturated carbocycles. The van der Waals surface area contributed by atoms with Gasteiger partial charge in [-0.05, 0) is 18.1 Å². The molecule has 1 atom stereocenters. The van der Waals surface area contributed by atoms with Crippen molar-refractivity contribution >= 4 is 0 Å². The van der Waals surface area contributed by atoms with Crippen LogP contribution in [0, 0.1) is 0 Å². The van der Waals surface area contributed by atoms with E-state index in [0.29, 0.717) is 5.56 Å². The molecule has 0 amide bonds. The Kier molecular flexibility index (Phi) is 3.57. The molecule has 0 bridgehead atoms. The maximum atomic E-state index is 9.65. The van der Waals surface area contributed by atoms with E-state index in [0.717, 1.165) is 0 Å². The predicted molar refractivity (Wildman–Crippen MR) is 61.9 cm³/mol. The van der Waals surface area contributed by atoms with Crippen LogP contribution in [-0.4, -0.2) is 69.5 Å². The first-order valence-corrected chi connectivity index (χ1v) is 5.80. The predicted octanol–water partition coefficient (Wildman–Crippen LogP) is -3.39. The fourth-order valence-corrected chi connectivity index (χ4v) is 2.41. The van der Waals surface area contributed by atoms with Crippen LogP contribution in [0.4, 0.5) is 0 Å². The average molecular weight is 288 g/mol. The summed E-state index contributed by atoms with van der Waals surface area (Å²) < 4.78 is 0. The first-order chi connectivity index (χ1) is 9.06. The zero-order chi connectivity index (χ0) is 15.2. The normalized spacial score (nSPS) is 25.9. The smallest absolute Gasteiger partial charge is 0.350 e. The Morgan fingerprint density at radius 1 is 1.25 bits per heavy atom. The molecule has 0 spiro atoms. The number of rotatable bonds is 3. The molecule has 1 aromatic rings. The summed E-state index contributed by atoms with van der Waals surface area (Å²) in [5, 5.41) is 66.1. The second kappa shape index (κ2) is 4.69. The maximum absolute atomic E-state index is 9.65. The largest absolute Gasteiger partial charge is 0.360 e. The fraction of sp³-hybridized carbons (Fsp3) is 0.545. The quantitative estimate of drug-likeness (QED) is 0.281. The van der Waals surface area contributed by atoms with Crippen molar-refractivity contribution in [2.45, 2.75) is 36.7 Å². The van der Waals surface area contributed by atoms with E-state index in [1.807, 2.05) is 0 Å². The standard InChI is InChI=1S/C11H16N2O7/c14-9(15)5-8(4-7-2-1-3-12-6-7)13(10(9,16)17)11(18,19)20/h1-3,6,8,14-20H,4-5H2. The molecule has 20 heavy (non-hydrogen) atoms. The molecule has 0 aromatic carbocycles. The van der Waals surface area contributed by atoms with Gasteiger partial charge >= 0.3 is 6.10 Å². The van der Waals surface area contributed by atoms with Crippen LogP contribution in [0.5, 0.6) is 0 Å². The molecule has 0 aliphatic carbocycles. The van der Waals surface area contributed by atoms with Gasteiger partial charge in [-0.25, -0.2) is 0 Å². The third kappa shape index (κ3) is 2.53. The molecular formula is C11H16N2O7. The Labute approximate surface area is 113 Å². The second-order valence-electron chi connectivity index (χ2n) is 4.85. The van der Waals surface area contributed by atoms with E-state index < -0.39 is 30.3 Å². The van der Waals surface area contributed by atoms with E-state index in [1.165, 1.54) is 12.4 Å². The molecule has 1 unspecified atom stereocenters. The molecule has 1 saturated heterocycles. The number of hydrogen-bond acceptors (Lipinski definition) is 9. The third-order valence-corrected chi connectivity index (χ3v) is 3.28. The highest BCUT2D eigenvalue weighted by atomic mass is 16.7. The molecule has 2 heterocycles. The number of nitrogens with zero attached hydrogens (tertiary/aromatic N) is 2. The summed E-state index contributed by atoms with van der Waals surface area (Å²) >= 11 is 0. The molecule has 1 aliphatic heterocycles. The SMILES string of the molecule is OC(O)(O)N1C(Cc2cccnc2)CC(O)(O)C1(O)O. The topological polar surface area (TPSA) is 158 Å². The number of aliphatic hydroxyl groups is 7. The summed E-state index contributed by atoms with van der Waals surface area (Å²) in [6, 6.07) is 2.07. The van der Waals surface area contributed by atoms with Crippen molar-refractivity contribution in [3.63, 3.8) is 0 Å². The van der Waals surface area contributed by atoms with Gasteiger partial charge in [-0.3, -0.25) is 4.98 Å². The van der Waals surface area contributed by atoms with Gasteiger partial charge in [0.2, 0.25) is 5.79 Å². The molecule has 0 radical (unpaired) electrons. The van der Waals surface area contributed by atoms with Crippen molar-refractivity contribution in [3.8, 4) is 0 Å². The van der Waals surface area contributed by atoms with Crippen LogP contribution in [0.25, 0.3) is 0 Å². The van der Waals surface area contributed by atoms with Gasteiger partial charge in [0, 0.05) is 24.9 Å². The zero-order valence-electron chi connectivity index (χ0n) is 10.3. The molecule has 112 valence electrons. The van der Waals surface area contributed by atoms with Gasteiger partial charge in [-0.1, -0.05) is 6.07 Å². The molecule has 1 aromatic heterocycles. The van der Waals surface area contributed by atoms with Gasteiger partial charge in [0.15, 0.2) is 0 Å². The monoisotopic (exact) mass is 288 g/mol. The summed E-state index contributed by atoms with van der Waals surface area (Å²) in [6.07, 6.45) is -1.34. The van der Waals surface area contributed by atoms with E-state index in [4.69, 9.17) is 0 Å². The van der Waals surface area contributed by atoms with Crippen molar-refractivity contribution in [2.75, 3.05) is 0 Å².